The van der Waals surface area contributed by atoms with E-state index in [9.17, 15) is 4.79 Å². The average Bonchev–Trinajstić information content (AvgIpc) is 2.77. The molecule has 1 saturated heterocycles. The zero-order valence-corrected chi connectivity index (χ0v) is 10.6. The van der Waals surface area contributed by atoms with Crippen molar-refractivity contribution in [2.24, 2.45) is 7.05 Å². The molecule has 1 aliphatic heterocycles. The highest BCUT2D eigenvalue weighted by Crippen LogP contribution is 2.11. The summed E-state index contributed by atoms with van der Waals surface area (Å²) in [6.07, 6.45) is 4.82. The summed E-state index contributed by atoms with van der Waals surface area (Å²) in [7, 11) is 1.93. The number of hydrogen-bond donors (Lipinski definition) is 0. The van der Waals surface area contributed by atoms with E-state index in [0.717, 1.165) is 31.7 Å². The van der Waals surface area contributed by atoms with E-state index in [4.69, 9.17) is 4.74 Å². The molecule has 17 heavy (non-hydrogen) atoms. The molecule has 0 amide bonds. The highest BCUT2D eigenvalue weighted by Gasteiger charge is 2.23. The molecule has 1 aliphatic rings. The molecule has 2 heterocycles. The van der Waals surface area contributed by atoms with Gasteiger partial charge in [-0.2, -0.15) is 0 Å². The Kier molecular flexibility index (Phi) is 3.97. The average molecular weight is 236 g/mol. The first-order valence-electron chi connectivity index (χ1n) is 6.17. The number of Topliss-reactive ketones (excluding diaryl/α,β-unsaturated/α-hetero) is 1. The number of aromatic nitrogens is 1. The smallest absolute Gasteiger partial charge is 0.178 e. The molecule has 0 N–H and O–H groups in total. The van der Waals surface area contributed by atoms with Crippen LogP contribution in [-0.2, 0) is 11.8 Å². The van der Waals surface area contributed by atoms with Crippen LogP contribution in [0.1, 0.15) is 23.7 Å². The van der Waals surface area contributed by atoms with E-state index in [-0.39, 0.29) is 5.78 Å². The van der Waals surface area contributed by atoms with Crippen molar-refractivity contribution in [3.05, 3.63) is 24.0 Å². The topological polar surface area (TPSA) is 34.5 Å². The third kappa shape index (κ3) is 2.96. The monoisotopic (exact) mass is 236 g/mol. The van der Waals surface area contributed by atoms with Gasteiger partial charge >= 0.3 is 0 Å². The molecule has 4 heteroatoms. The molecule has 94 valence electrons. The van der Waals surface area contributed by atoms with E-state index in [2.05, 4.69) is 11.8 Å². The summed E-state index contributed by atoms with van der Waals surface area (Å²) < 4.78 is 7.34. The maximum atomic E-state index is 12.1. The fourth-order valence-electron chi connectivity index (χ4n) is 2.22. The molecule has 4 nitrogen and oxygen atoms in total. The number of ketones is 1. The Bertz CT molecular complexity index is 387. The molecule has 1 aromatic rings. The third-order valence-corrected chi connectivity index (χ3v) is 3.32. The van der Waals surface area contributed by atoms with Crippen molar-refractivity contribution < 1.29 is 9.53 Å². The second-order valence-corrected chi connectivity index (χ2v) is 4.60. The van der Waals surface area contributed by atoms with E-state index in [0.29, 0.717) is 12.6 Å². The molecule has 2 rings (SSSR count). The number of hydrogen-bond acceptors (Lipinski definition) is 3. The molecule has 1 unspecified atom stereocenters. The van der Waals surface area contributed by atoms with Crippen LogP contribution in [0.4, 0.5) is 0 Å². The van der Waals surface area contributed by atoms with Crippen LogP contribution >= 0.6 is 0 Å². The minimum atomic E-state index is 0.200. The number of carbonyl (C=O) groups excluding carboxylic acids is 1. The van der Waals surface area contributed by atoms with Gasteiger partial charge in [-0.05, 0) is 12.5 Å². The van der Waals surface area contributed by atoms with E-state index < -0.39 is 0 Å². The zero-order valence-electron chi connectivity index (χ0n) is 10.6. The van der Waals surface area contributed by atoms with Gasteiger partial charge in [-0.1, -0.05) is 6.92 Å². The molecule has 1 aromatic heterocycles. The molecule has 0 saturated carbocycles. The van der Waals surface area contributed by atoms with Gasteiger partial charge in [0.15, 0.2) is 5.78 Å². The van der Waals surface area contributed by atoms with Crippen molar-refractivity contribution in [2.45, 2.75) is 19.4 Å². The minimum absolute atomic E-state index is 0.200. The Hall–Kier alpha value is -1.13. The molecular formula is C13H20N2O2. The summed E-state index contributed by atoms with van der Waals surface area (Å²) in [5.74, 6) is 0.200. The molecular weight excluding hydrogens is 216 g/mol. The van der Waals surface area contributed by atoms with Gasteiger partial charge in [0.25, 0.3) is 0 Å². The van der Waals surface area contributed by atoms with Crippen LogP contribution in [0.15, 0.2) is 18.5 Å². The normalized spacial score (nSPS) is 21.6. The Morgan fingerprint density at radius 2 is 2.41 bits per heavy atom. The minimum Gasteiger partial charge on any atom is -0.378 e. The van der Waals surface area contributed by atoms with Gasteiger partial charge in [0.05, 0.1) is 19.8 Å². The Morgan fingerprint density at radius 1 is 1.59 bits per heavy atom. The second-order valence-electron chi connectivity index (χ2n) is 4.60. The van der Waals surface area contributed by atoms with Gasteiger partial charge in [0, 0.05) is 37.6 Å². The van der Waals surface area contributed by atoms with Crippen molar-refractivity contribution in [3.8, 4) is 0 Å². The SMILES string of the molecule is CCC1COCCN1CC(=O)c1ccn(C)c1. The van der Waals surface area contributed by atoms with Crippen molar-refractivity contribution in [2.75, 3.05) is 26.3 Å². The first kappa shape index (κ1) is 12.3. The summed E-state index contributed by atoms with van der Waals surface area (Å²) >= 11 is 0. The van der Waals surface area contributed by atoms with Crippen molar-refractivity contribution in [3.63, 3.8) is 0 Å². The van der Waals surface area contributed by atoms with Crippen molar-refractivity contribution >= 4 is 5.78 Å². The molecule has 0 aliphatic carbocycles. The van der Waals surface area contributed by atoms with Gasteiger partial charge in [-0.25, -0.2) is 0 Å². The van der Waals surface area contributed by atoms with E-state index in [1.165, 1.54) is 0 Å². The van der Waals surface area contributed by atoms with Crippen LogP contribution in [0.3, 0.4) is 0 Å². The third-order valence-electron chi connectivity index (χ3n) is 3.32. The Labute approximate surface area is 102 Å². The van der Waals surface area contributed by atoms with Crippen LogP contribution in [-0.4, -0.2) is 47.6 Å². The van der Waals surface area contributed by atoms with Crippen LogP contribution in [0.2, 0.25) is 0 Å². The summed E-state index contributed by atoms with van der Waals surface area (Å²) in [6.45, 7) is 4.99. The molecule has 1 fully saturated rings. The largest absolute Gasteiger partial charge is 0.378 e. The number of aryl methyl sites for hydroxylation is 1. The summed E-state index contributed by atoms with van der Waals surface area (Å²) in [4.78, 5) is 14.3. The van der Waals surface area contributed by atoms with Gasteiger partial charge in [-0.15, -0.1) is 0 Å². The molecule has 0 aromatic carbocycles. The molecule has 0 spiro atoms. The predicted molar refractivity (Wildman–Crippen MR) is 66.2 cm³/mol. The lowest BCUT2D eigenvalue weighted by molar-refractivity contribution is -0.00585. The van der Waals surface area contributed by atoms with Gasteiger partial charge in [0.1, 0.15) is 0 Å². The maximum absolute atomic E-state index is 12.1. The highest BCUT2D eigenvalue weighted by atomic mass is 16.5. The fraction of sp³-hybridized carbons (Fsp3) is 0.615. The quantitative estimate of drug-likeness (QED) is 0.739. The number of carbonyl (C=O) groups is 1. The van der Waals surface area contributed by atoms with Gasteiger partial charge < -0.3 is 9.30 Å². The summed E-state index contributed by atoms with van der Waals surface area (Å²) in [6, 6.07) is 2.26. The van der Waals surface area contributed by atoms with Gasteiger partial charge in [0.2, 0.25) is 0 Å². The van der Waals surface area contributed by atoms with Crippen LogP contribution < -0.4 is 0 Å². The lowest BCUT2D eigenvalue weighted by atomic mass is 10.1. The zero-order chi connectivity index (χ0) is 12.3. The first-order valence-corrected chi connectivity index (χ1v) is 6.17. The summed E-state index contributed by atoms with van der Waals surface area (Å²) in [5, 5.41) is 0. The van der Waals surface area contributed by atoms with E-state index >= 15 is 0 Å². The Morgan fingerprint density at radius 3 is 3.06 bits per heavy atom. The lowest BCUT2D eigenvalue weighted by Crippen LogP contribution is -2.47. The second kappa shape index (κ2) is 5.47. The molecule has 0 radical (unpaired) electrons. The summed E-state index contributed by atoms with van der Waals surface area (Å²) in [5.41, 5.74) is 0.800. The first-order chi connectivity index (χ1) is 8.20. The van der Waals surface area contributed by atoms with Crippen LogP contribution in [0.25, 0.3) is 0 Å². The van der Waals surface area contributed by atoms with Crippen molar-refractivity contribution in [1.29, 1.82) is 0 Å². The Balaban J connectivity index is 1.97. The lowest BCUT2D eigenvalue weighted by Gasteiger charge is -2.34. The fourth-order valence-corrected chi connectivity index (χ4v) is 2.22. The number of nitrogens with zero attached hydrogens (tertiary/aromatic N) is 2. The van der Waals surface area contributed by atoms with E-state index in [1.54, 1.807) is 0 Å². The van der Waals surface area contributed by atoms with Crippen LogP contribution in [0.5, 0.6) is 0 Å². The number of rotatable bonds is 4. The van der Waals surface area contributed by atoms with Crippen molar-refractivity contribution in [1.82, 2.24) is 9.47 Å². The highest BCUT2D eigenvalue weighted by molar-refractivity contribution is 5.97. The standard InChI is InChI=1S/C13H20N2O2/c1-3-12-10-17-7-6-15(12)9-13(16)11-4-5-14(2)8-11/h4-5,8,12H,3,6-7,9-10H2,1-2H3. The predicted octanol–water partition coefficient (Wildman–Crippen LogP) is 1.32. The number of ether oxygens (including phenoxy) is 1. The van der Waals surface area contributed by atoms with Crippen LogP contribution in [0, 0.1) is 0 Å². The number of morpholine rings is 1. The molecule has 0 bridgehead atoms. The van der Waals surface area contributed by atoms with E-state index in [1.807, 2.05) is 30.1 Å². The maximum Gasteiger partial charge on any atom is 0.178 e. The molecule has 1 atom stereocenters. The van der Waals surface area contributed by atoms with Gasteiger partial charge in [-0.3, -0.25) is 9.69 Å².